The molecule has 2 nitrogen and oxygen atoms in total. The molecule has 0 saturated carbocycles. The molecule has 0 amide bonds. The van der Waals surface area contributed by atoms with Crippen LogP contribution in [0.5, 0.6) is 5.75 Å². The molecule has 1 aliphatic carbocycles. The minimum Gasteiger partial charge on any atom is -0.496 e. The van der Waals surface area contributed by atoms with Crippen molar-refractivity contribution in [3.05, 3.63) is 42.0 Å². The standard InChI is InChI=1S/C16H21NO/c1-3-10-17-11-9-13-14(17)8-7-12-5-4-6-15(18-2)16(12)13/h3-6,13-14H,1,7-11H2,2H3/t13-,14+/m0/s1. The Morgan fingerprint density at radius 1 is 1.44 bits per heavy atom. The molecular weight excluding hydrogens is 222 g/mol. The van der Waals surface area contributed by atoms with Gasteiger partial charge in [-0.1, -0.05) is 18.2 Å². The lowest BCUT2D eigenvalue weighted by Gasteiger charge is -2.33. The van der Waals surface area contributed by atoms with Crippen molar-refractivity contribution >= 4 is 0 Å². The lowest BCUT2D eigenvalue weighted by atomic mass is 9.79. The molecule has 18 heavy (non-hydrogen) atoms. The number of hydrogen-bond donors (Lipinski definition) is 0. The van der Waals surface area contributed by atoms with E-state index in [0.717, 1.165) is 12.3 Å². The molecule has 1 aliphatic heterocycles. The molecule has 1 aromatic rings. The number of ether oxygens (including phenoxy) is 1. The van der Waals surface area contributed by atoms with Gasteiger partial charge in [0.05, 0.1) is 7.11 Å². The van der Waals surface area contributed by atoms with Crippen LogP contribution in [0.4, 0.5) is 0 Å². The van der Waals surface area contributed by atoms with Crippen LogP contribution in [0, 0.1) is 0 Å². The molecule has 1 saturated heterocycles. The van der Waals surface area contributed by atoms with E-state index in [1.807, 2.05) is 6.08 Å². The molecule has 1 aromatic carbocycles. The van der Waals surface area contributed by atoms with Gasteiger partial charge in [0.15, 0.2) is 0 Å². The van der Waals surface area contributed by atoms with Gasteiger partial charge in [0.2, 0.25) is 0 Å². The van der Waals surface area contributed by atoms with Crippen LogP contribution in [0.1, 0.15) is 29.9 Å². The summed E-state index contributed by atoms with van der Waals surface area (Å²) in [7, 11) is 1.79. The second kappa shape index (κ2) is 4.77. The Bertz CT molecular complexity index is 440. The van der Waals surface area contributed by atoms with Crippen LogP contribution in [0.15, 0.2) is 30.9 Å². The Kier molecular flexibility index (Phi) is 3.13. The summed E-state index contributed by atoms with van der Waals surface area (Å²) in [5.74, 6) is 1.74. The summed E-state index contributed by atoms with van der Waals surface area (Å²) in [6.45, 7) is 6.09. The largest absolute Gasteiger partial charge is 0.496 e. The van der Waals surface area contributed by atoms with Gasteiger partial charge in [-0.3, -0.25) is 4.90 Å². The van der Waals surface area contributed by atoms with Crippen molar-refractivity contribution in [2.24, 2.45) is 0 Å². The molecule has 0 radical (unpaired) electrons. The van der Waals surface area contributed by atoms with E-state index in [1.54, 1.807) is 7.11 Å². The molecule has 1 fully saturated rings. The van der Waals surface area contributed by atoms with Crippen molar-refractivity contribution in [2.45, 2.75) is 31.2 Å². The third-order valence-corrected chi connectivity index (χ3v) is 4.48. The van der Waals surface area contributed by atoms with Crippen LogP contribution >= 0.6 is 0 Å². The summed E-state index contributed by atoms with van der Waals surface area (Å²) in [4.78, 5) is 2.58. The van der Waals surface area contributed by atoms with Crippen molar-refractivity contribution in [1.82, 2.24) is 4.90 Å². The number of methoxy groups -OCH3 is 1. The van der Waals surface area contributed by atoms with Gasteiger partial charge in [-0.15, -0.1) is 6.58 Å². The first-order valence-corrected chi connectivity index (χ1v) is 6.86. The maximum Gasteiger partial charge on any atom is 0.122 e. The number of rotatable bonds is 3. The summed E-state index contributed by atoms with van der Waals surface area (Å²) < 4.78 is 5.58. The van der Waals surface area contributed by atoms with E-state index in [0.29, 0.717) is 12.0 Å². The van der Waals surface area contributed by atoms with Crippen LogP contribution in [0.2, 0.25) is 0 Å². The van der Waals surface area contributed by atoms with Crippen LogP contribution in [0.3, 0.4) is 0 Å². The number of benzene rings is 1. The van der Waals surface area contributed by atoms with E-state index in [4.69, 9.17) is 4.74 Å². The average molecular weight is 243 g/mol. The van der Waals surface area contributed by atoms with Gasteiger partial charge in [0.25, 0.3) is 0 Å². The predicted molar refractivity (Wildman–Crippen MR) is 74.2 cm³/mol. The van der Waals surface area contributed by atoms with Gasteiger partial charge in [-0.25, -0.2) is 0 Å². The van der Waals surface area contributed by atoms with E-state index in [2.05, 4.69) is 29.7 Å². The smallest absolute Gasteiger partial charge is 0.122 e. The molecule has 2 aliphatic rings. The fourth-order valence-corrected chi connectivity index (χ4v) is 3.74. The molecule has 2 heteroatoms. The number of hydrogen-bond acceptors (Lipinski definition) is 2. The summed E-state index contributed by atoms with van der Waals surface area (Å²) in [5.41, 5.74) is 2.97. The molecule has 0 aromatic heterocycles. The van der Waals surface area contributed by atoms with E-state index < -0.39 is 0 Å². The fraction of sp³-hybridized carbons (Fsp3) is 0.500. The van der Waals surface area contributed by atoms with Gasteiger partial charge in [0.1, 0.15) is 5.75 Å². The highest BCUT2D eigenvalue weighted by atomic mass is 16.5. The minimum atomic E-state index is 0.657. The first kappa shape index (κ1) is 11.8. The first-order valence-electron chi connectivity index (χ1n) is 6.86. The molecule has 96 valence electrons. The lowest BCUT2D eigenvalue weighted by molar-refractivity contribution is 0.247. The average Bonchev–Trinajstić information content (AvgIpc) is 2.82. The maximum atomic E-state index is 5.58. The van der Waals surface area contributed by atoms with Crippen molar-refractivity contribution in [1.29, 1.82) is 0 Å². The summed E-state index contributed by atoms with van der Waals surface area (Å²) in [5, 5.41) is 0. The monoisotopic (exact) mass is 243 g/mol. The van der Waals surface area contributed by atoms with Crippen LogP contribution in [-0.4, -0.2) is 31.1 Å². The zero-order valence-electron chi connectivity index (χ0n) is 11.1. The normalized spacial score (nSPS) is 26.5. The molecule has 2 atom stereocenters. The molecule has 0 N–H and O–H groups in total. The van der Waals surface area contributed by atoms with Crippen molar-refractivity contribution in [3.63, 3.8) is 0 Å². The Hall–Kier alpha value is -1.28. The molecule has 0 bridgehead atoms. The molecule has 3 rings (SSSR count). The van der Waals surface area contributed by atoms with E-state index >= 15 is 0 Å². The number of fused-ring (bicyclic) bond motifs is 3. The summed E-state index contributed by atoms with van der Waals surface area (Å²) in [6, 6.07) is 7.18. The second-order valence-electron chi connectivity index (χ2n) is 5.32. The Morgan fingerprint density at radius 2 is 2.33 bits per heavy atom. The summed E-state index contributed by atoms with van der Waals surface area (Å²) >= 11 is 0. The molecular formula is C16H21NO. The highest BCUT2D eigenvalue weighted by molar-refractivity contribution is 5.46. The molecule has 0 spiro atoms. The number of nitrogens with zero attached hydrogens (tertiary/aromatic N) is 1. The summed E-state index contributed by atoms with van der Waals surface area (Å²) in [6.07, 6.45) is 5.74. The minimum absolute atomic E-state index is 0.657. The van der Waals surface area contributed by atoms with Crippen LogP contribution in [0.25, 0.3) is 0 Å². The van der Waals surface area contributed by atoms with Crippen molar-refractivity contribution < 1.29 is 4.74 Å². The molecule has 0 unspecified atom stereocenters. The third kappa shape index (κ3) is 1.76. The maximum absolute atomic E-state index is 5.58. The van der Waals surface area contributed by atoms with E-state index in [9.17, 15) is 0 Å². The van der Waals surface area contributed by atoms with Crippen molar-refractivity contribution in [2.75, 3.05) is 20.2 Å². The third-order valence-electron chi connectivity index (χ3n) is 4.48. The fourth-order valence-electron chi connectivity index (χ4n) is 3.74. The van der Waals surface area contributed by atoms with Gasteiger partial charge < -0.3 is 4.74 Å². The Labute approximate surface area is 109 Å². The topological polar surface area (TPSA) is 12.5 Å². The number of aryl methyl sites for hydroxylation is 1. The highest BCUT2D eigenvalue weighted by Gasteiger charge is 2.39. The van der Waals surface area contributed by atoms with Gasteiger partial charge in [0, 0.05) is 24.1 Å². The Balaban J connectivity index is 1.96. The quantitative estimate of drug-likeness (QED) is 0.757. The lowest BCUT2D eigenvalue weighted by Crippen LogP contribution is -2.35. The predicted octanol–water partition coefficient (Wildman–Crippen LogP) is 2.99. The second-order valence-corrected chi connectivity index (χ2v) is 5.32. The first-order chi connectivity index (χ1) is 8.85. The van der Waals surface area contributed by atoms with Crippen LogP contribution < -0.4 is 4.74 Å². The van der Waals surface area contributed by atoms with E-state index in [1.165, 1.54) is 36.9 Å². The van der Waals surface area contributed by atoms with E-state index in [-0.39, 0.29) is 0 Å². The van der Waals surface area contributed by atoms with Crippen LogP contribution in [-0.2, 0) is 6.42 Å². The van der Waals surface area contributed by atoms with Gasteiger partial charge >= 0.3 is 0 Å². The zero-order valence-corrected chi connectivity index (χ0v) is 11.1. The Morgan fingerprint density at radius 3 is 3.11 bits per heavy atom. The highest BCUT2D eigenvalue weighted by Crippen LogP contribution is 2.45. The number of likely N-dealkylation sites (tertiary alicyclic amines) is 1. The SMILES string of the molecule is C=CCN1CC[C@@H]2c3c(cccc3OC)CC[C@H]21. The van der Waals surface area contributed by atoms with Gasteiger partial charge in [-0.05, 0) is 37.4 Å². The van der Waals surface area contributed by atoms with Gasteiger partial charge in [-0.2, -0.15) is 0 Å². The zero-order chi connectivity index (χ0) is 12.5. The van der Waals surface area contributed by atoms with Crippen molar-refractivity contribution in [3.8, 4) is 5.75 Å². The molecule has 1 heterocycles.